The molecular formula is C9H14ClN5OS. The molecule has 1 aromatic rings. The molecule has 0 aliphatic carbocycles. The van der Waals surface area contributed by atoms with E-state index < -0.39 is 0 Å². The lowest BCUT2D eigenvalue weighted by molar-refractivity contribution is 0.377. The molecule has 0 saturated heterocycles. The third-order valence-corrected chi connectivity index (χ3v) is 2.57. The second-order valence-electron chi connectivity index (χ2n) is 3.52. The predicted molar refractivity (Wildman–Crippen MR) is 70.7 cm³/mol. The van der Waals surface area contributed by atoms with Crippen LogP contribution in [0.2, 0.25) is 5.28 Å². The van der Waals surface area contributed by atoms with Crippen molar-refractivity contribution in [3.63, 3.8) is 0 Å². The van der Waals surface area contributed by atoms with Crippen LogP contribution in [0.25, 0.3) is 0 Å². The zero-order valence-corrected chi connectivity index (χ0v) is 11.4. The van der Waals surface area contributed by atoms with Gasteiger partial charge in [-0.25, -0.2) is 0 Å². The average Bonchev–Trinajstić information content (AvgIpc) is 2.26. The molecule has 0 aromatic carbocycles. The van der Waals surface area contributed by atoms with Gasteiger partial charge in [0.15, 0.2) is 0 Å². The molecule has 0 saturated carbocycles. The fraction of sp³-hybridized carbons (Fsp3) is 0.556. The predicted octanol–water partition coefficient (Wildman–Crippen LogP) is 1.03. The second-order valence-corrected chi connectivity index (χ2v) is 4.38. The fourth-order valence-corrected chi connectivity index (χ4v) is 1.59. The molecule has 1 unspecified atom stereocenters. The van der Waals surface area contributed by atoms with Crippen LogP contribution >= 0.6 is 23.8 Å². The quantitative estimate of drug-likeness (QED) is 0.804. The van der Waals surface area contributed by atoms with E-state index in [1.165, 1.54) is 7.11 Å². The first-order chi connectivity index (χ1) is 7.93. The van der Waals surface area contributed by atoms with Gasteiger partial charge in [0.2, 0.25) is 11.2 Å². The molecule has 2 N–H and O–H groups in total. The minimum Gasteiger partial charge on any atom is -0.467 e. The Bertz CT molecular complexity index is 416. The number of hydrogen-bond acceptors (Lipinski definition) is 6. The number of ether oxygens (including phenoxy) is 1. The van der Waals surface area contributed by atoms with Gasteiger partial charge >= 0.3 is 6.01 Å². The number of halogens is 1. The number of aromatic nitrogens is 3. The molecule has 0 bridgehead atoms. The summed E-state index contributed by atoms with van der Waals surface area (Å²) in [4.78, 5) is 14.2. The van der Waals surface area contributed by atoms with E-state index in [4.69, 9.17) is 34.3 Å². The van der Waals surface area contributed by atoms with Gasteiger partial charge in [0.1, 0.15) is 0 Å². The minimum atomic E-state index is 0.0654. The van der Waals surface area contributed by atoms with Crippen LogP contribution < -0.4 is 15.4 Å². The van der Waals surface area contributed by atoms with Crippen molar-refractivity contribution in [2.24, 2.45) is 5.73 Å². The highest BCUT2D eigenvalue weighted by molar-refractivity contribution is 7.80. The van der Waals surface area contributed by atoms with Crippen LogP contribution in [0.15, 0.2) is 0 Å². The number of nitrogens with two attached hydrogens (primary N) is 1. The Hall–Kier alpha value is -1.21. The number of rotatable bonds is 5. The summed E-state index contributed by atoms with van der Waals surface area (Å²) in [6.07, 6.45) is 0.567. The SMILES string of the molecule is COc1nc(Cl)nc(N(C)C(C)CC(N)=S)n1. The van der Waals surface area contributed by atoms with Gasteiger partial charge < -0.3 is 15.4 Å². The van der Waals surface area contributed by atoms with Gasteiger partial charge in [0.25, 0.3) is 0 Å². The van der Waals surface area contributed by atoms with Crippen molar-refractivity contribution in [1.29, 1.82) is 0 Å². The van der Waals surface area contributed by atoms with Crippen molar-refractivity contribution in [3.05, 3.63) is 5.28 Å². The highest BCUT2D eigenvalue weighted by atomic mass is 35.5. The Balaban J connectivity index is 2.91. The molecule has 0 aliphatic heterocycles. The maximum absolute atomic E-state index is 5.76. The van der Waals surface area contributed by atoms with Gasteiger partial charge in [-0.05, 0) is 18.5 Å². The van der Waals surface area contributed by atoms with Crippen LogP contribution in [0.5, 0.6) is 6.01 Å². The number of methoxy groups -OCH3 is 1. The monoisotopic (exact) mass is 275 g/mol. The van der Waals surface area contributed by atoms with E-state index in [0.717, 1.165) is 0 Å². The molecule has 1 aromatic heterocycles. The standard InChI is InChI=1S/C9H14ClN5OS/c1-5(4-6(11)17)15(2)8-12-7(10)13-9(14-8)16-3/h5H,4H2,1-3H3,(H2,11,17). The molecule has 17 heavy (non-hydrogen) atoms. The summed E-state index contributed by atoms with van der Waals surface area (Å²) >= 11 is 10.6. The Morgan fingerprint density at radius 2 is 2.18 bits per heavy atom. The van der Waals surface area contributed by atoms with Gasteiger partial charge in [-0.3, -0.25) is 0 Å². The molecule has 0 aliphatic rings. The first kappa shape index (κ1) is 13.9. The summed E-state index contributed by atoms with van der Waals surface area (Å²) in [6, 6.07) is 0.241. The van der Waals surface area contributed by atoms with E-state index in [0.29, 0.717) is 17.4 Å². The molecule has 1 heterocycles. The molecule has 0 amide bonds. The average molecular weight is 276 g/mol. The Kier molecular flexibility index (Phi) is 4.83. The topological polar surface area (TPSA) is 77.2 Å². The molecule has 0 radical (unpaired) electrons. The molecule has 0 spiro atoms. The Labute approximate surface area is 110 Å². The smallest absolute Gasteiger partial charge is 0.322 e. The maximum atomic E-state index is 5.76. The fourth-order valence-electron chi connectivity index (χ4n) is 1.20. The van der Waals surface area contributed by atoms with E-state index in [1.54, 1.807) is 0 Å². The first-order valence-electron chi connectivity index (χ1n) is 4.90. The molecule has 8 heteroatoms. The normalized spacial score (nSPS) is 12.0. The highest BCUT2D eigenvalue weighted by Gasteiger charge is 2.15. The number of hydrogen-bond donors (Lipinski definition) is 1. The van der Waals surface area contributed by atoms with E-state index in [2.05, 4.69) is 15.0 Å². The van der Waals surface area contributed by atoms with Crippen LogP contribution in [0.3, 0.4) is 0 Å². The van der Waals surface area contributed by atoms with E-state index in [-0.39, 0.29) is 17.3 Å². The lowest BCUT2D eigenvalue weighted by atomic mass is 10.2. The van der Waals surface area contributed by atoms with E-state index in [9.17, 15) is 0 Å². The van der Waals surface area contributed by atoms with Crippen molar-refractivity contribution >= 4 is 34.8 Å². The Morgan fingerprint density at radius 1 is 1.53 bits per heavy atom. The van der Waals surface area contributed by atoms with Crippen LogP contribution in [-0.4, -0.2) is 40.1 Å². The highest BCUT2D eigenvalue weighted by Crippen LogP contribution is 2.16. The zero-order chi connectivity index (χ0) is 13.0. The summed E-state index contributed by atoms with van der Waals surface area (Å²) in [6.45, 7) is 1.96. The van der Waals surface area contributed by atoms with Gasteiger partial charge in [0, 0.05) is 19.5 Å². The van der Waals surface area contributed by atoms with Crippen molar-refractivity contribution < 1.29 is 4.74 Å². The number of anilines is 1. The van der Waals surface area contributed by atoms with E-state index >= 15 is 0 Å². The summed E-state index contributed by atoms with van der Waals surface area (Å²) < 4.78 is 4.92. The summed E-state index contributed by atoms with van der Waals surface area (Å²) in [5.74, 6) is 0.422. The van der Waals surface area contributed by atoms with Crippen LogP contribution in [0.1, 0.15) is 13.3 Å². The molecule has 94 valence electrons. The number of thiocarbonyl (C=S) groups is 1. The lowest BCUT2D eigenvalue weighted by Gasteiger charge is -2.24. The van der Waals surface area contributed by atoms with Crippen molar-refractivity contribution in [3.8, 4) is 6.01 Å². The van der Waals surface area contributed by atoms with Crippen molar-refractivity contribution in [2.75, 3.05) is 19.1 Å². The van der Waals surface area contributed by atoms with Gasteiger partial charge in [-0.2, -0.15) is 15.0 Å². The van der Waals surface area contributed by atoms with Crippen LogP contribution in [-0.2, 0) is 0 Å². The maximum Gasteiger partial charge on any atom is 0.322 e. The molecule has 6 nitrogen and oxygen atoms in total. The number of nitrogens with zero attached hydrogens (tertiary/aromatic N) is 4. The summed E-state index contributed by atoms with van der Waals surface area (Å²) in [5.41, 5.74) is 5.50. The third-order valence-electron chi connectivity index (χ3n) is 2.23. The summed E-state index contributed by atoms with van der Waals surface area (Å²) in [5, 5.41) is 0.0845. The van der Waals surface area contributed by atoms with Crippen molar-refractivity contribution in [2.45, 2.75) is 19.4 Å². The zero-order valence-electron chi connectivity index (χ0n) is 9.85. The second kappa shape index (κ2) is 5.92. The van der Waals surface area contributed by atoms with Gasteiger partial charge in [-0.1, -0.05) is 12.2 Å². The van der Waals surface area contributed by atoms with E-state index in [1.807, 2.05) is 18.9 Å². The molecule has 0 fully saturated rings. The minimum absolute atomic E-state index is 0.0654. The Morgan fingerprint density at radius 3 is 2.71 bits per heavy atom. The van der Waals surface area contributed by atoms with Crippen LogP contribution in [0.4, 0.5) is 5.95 Å². The van der Waals surface area contributed by atoms with Crippen LogP contribution in [0, 0.1) is 0 Å². The first-order valence-corrected chi connectivity index (χ1v) is 5.69. The molecular weight excluding hydrogens is 262 g/mol. The summed E-state index contributed by atoms with van der Waals surface area (Å²) in [7, 11) is 3.29. The largest absolute Gasteiger partial charge is 0.467 e. The van der Waals surface area contributed by atoms with Gasteiger partial charge in [-0.15, -0.1) is 0 Å². The molecule has 1 rings (SSSR count). The van der Waals surface area contributed by atoms with Crippen molar-refractivity contribution in [1.82, 2.24) is 15.0 Å². The molecule has 1 atom stereocenters. The third kappa shape index (κ3) is 3.94. The van der Waals surface area contributed by atoms with Gasteiger partial charge in [0.05, 0.1) is 12.1 Å². The lowest BCUT2D eigenvalue weighted by Crippen LogP contribution is -2.33.